The van der Waals surface area contributed by atoms with Gasteiger partial charge in [0.1, 0.15) is 17.3 Å². The Morgan fingerprint density at radius 3 is 2.33 bits per heavy atom. The molecule has 3 aromatic carbocycles. The van der Waals surface area contributed by atoms with Gasteiger partial charge >= 0.3 is 0 Å². The van der Waals surface area contributed by atoms with Gasteiger partial charge < -0.3 is 9.64 Å². The zero-order chi connectivity index (χ0) is 23.0. The number of nitrogens with zero attached hydrogens (tertiary/aromatic N) is 1. The quantitative estimate of drug-likeness (QED) is 0.524. The van der Waals surface area contributed by atoms with Crippen LogP contribution in [0.25, 0.3) is 0 Å². The van der Waals surface area contributed by atoms with Crippen molar-refractivity contribution in [3.05, 3.63) is 95.3 Å². The fourth-order valence-corrected chi connectivity index (χ4v) is 5.49. The van der Waals surface area contributed by atoms with Crippen molar-refractivity contribution in [2.45, 2.75) is 37.6 Å². The first-order valence-electron chi connectivity index (χ1n) is 11.3. The molecular formula is C28H26FNO3. The summed E-state index contributed by atoms with van der Waals surface area (Å²) in [6.45, 7) is 0.362. The summed E-state index contributed by atoms with van der Waals surface area (Å²) in [5, 5.41) is 0. The number of hydrogen-bond acceptors (Lipinski definition) is 3. The maximum atomic E-state index is 14.3. The molecule has 1 saturated carbocycles. The summed E-state index contributed by atoms with van der Waals surface area (Å²) in [6.07, 6.45) is 2.16. The number of anilines is 1. The maximum Gasteiger partial charge on any atom is 0.238 e. The third-order valence-corrected chi connectivity index (χ3v) is 7.14. The smallest absolute Gasteiger partial charge is 0.238 e. The van der Waals surface area contributed by atoms with Gasteiger partial charge in [-0.1, -0.05) is 42.5 Å². The zero-order valence-corrected chi connectivity index (χ0v) is 18.6. The highest BCUT2D eigenvalue weighted by atomic mass is 19.1. The Hall–Kier alpha value is -3.47. The van der Waals surface area contributed by atoms with Gasteiger partial charge in [-0.3, -0.25) is 9.59 Å². The lowest BCUT2D eigenvalue weighted by Gasteiger charge is -2.35. The van der Waals surface area contributed by atoms with Crippen molar-refractivity contribution in [1.82, 2.24) is 0 Å². The van der Waals surface area contributed by atoms with Gasteiger partial charge in [0.25, 0.3) is 0 Å². The van der Waals surface area contributed by atoms with Crippen LogP contribution in [0.5, 0.6) is 5.75 Å². The minimum Gasteiger partial charge on any atom is -0.497 e. The van der Waals surface area contributed by atoms with Crippen LogP contribution >= 0.6 is 0 Å². The topological polar surface area (TPSA) is 46.6 Å². The molecule has 1 fully saturated rings. The van der Waals surface area contributed by atoms with Crippen molar-refractivity contribution in [2.24, 2.45) is 5.92 Å². The molecule has 0 N–H and O–H groups in total. The van der Waals surface area contributed by atoms with E-state index < -0.39 is 5.41 Å². The van der Waals surface area contributed by atoms with Crippen LogP contribution < -0.4 is 9.64 Å². The summed E-state index contributed by atoms with van der Waals surface area (Å²) in [6, 6.07) is 22.0. The number of ether oxygens (including phenoxy) is 1. The van der Waals surface area contributed by atoms with Crippen molar-refractivity contribution in [3.8, 4) is 5.75 Å². The van der Waals surface area contributed by atoms with Crippen LogP contribution in [0.15, 0.2) is 72.8 Å². The van der Waals surface area contributed by atoms with Gasteiger partial charge in [0.05, 0.1) is 19.1 Å². The molecule has 4 nitrogen and oxygen atoms in total. The van der Waals surface area contributed by atoms with Crippen molar-refractivity contribution in [2.75, 3.05) is 12.0 Å². The molecule has 1 heterocycles. The van der Waals surface area contributed by atoms with E-state index in [-0.39, 0.29) is 23.4 Å². The van der Waals surface area contributed by atoms with Crippen LogP contribution in [-0.2, 0) is 28.0 Å². The molecule has 1 amide bonds. The van der Waals surface area contributed by atoms with Crippen LogP contribution in [0.2, 0.25) is 0 Å². The van der Waals surface area contributed by atoms with Crippen LogP contribution in [0.3, 0.4) is 0 Å². The van der Waals surface area contributed by atoms with Crippen LogP contribution in [0, 0.1) is 11.7 Å². The first kappa shape index (κ1) is 21.4. The molecule has 0 bridgehead atoms. The normalized spacial score (nSPS) is 22.0. The van der Waals surface area contributed by atoms with Crippen LogP contribution in [-0.4, -0.2) is 18.8 Å². The molecule has 1 aliphatic heterocycles. The average molecular weight is 444 g/mol. The monoisotopic (exact) mass is 443 g/mol. The molecule has 0 unspecified atom stereocenters. The summed E-state index contributed by atoms with van der Waals surface area (Å²) in [5.41, 5.74) is 2.94. The predicted molar refractivity (Wildman–Crippen MR) is 125 cm³/mol. The second-order valence-corrected chi connectivity index (χ2v) is 9.01. The number of Topliss-reactive ketones (excluding diaryl/α,β-unsaturated/α-hetero) is 1. The van der Waals surface area contributed by atoms with Crippen molar-refractivity contribution in [3.63, 3.8) is 0 Å². The van der Waals surface area contributed by atoms with E-state index in [0.717, 1.165) is 28.1 Å². The number of para-hydroxylation sites is 1. The van der Waals surface area contributed by atoms with E-state index in [2.05, 4.69) is 0 Å². The number of hydrogen-bond donors (Lipinski definition) is 0. The summed E-state index contributed by atoms with van der Waals surface area (Å²) in [5.74, 6) is 0.643. The Balaban J connectivity index is 1.60. The molecule has 33 heavy (non-hydrogen) atoms. The van der Waals surface area contributed by atoms with E-state index in [1.165, 1.54) is 12.1 Å². The van der Waals surface area contributed by atoms with Gasteiger partial charge in [-0.05, 0) is 65.8 Å². The highest BCUT2D eigenvalue weighted by molar-refractivity contribution is 6.09. The molecule has 5 heteroatoms. The Labute approximate surface area is 193 Å². The largest absolute Gasteiger partial charge is 0.497 e. The number of rotatable bonds is 6. The number of carbonyl (C=O) groups excluding carboxylic acids is 2. The lowest BCUT2D eigenvalue weighted by Crippen LogP contribution is -2.46. The molecule has 3 aromatic rings. The molecule has 0 saturated heterocycles. The number of methoxy groups -OCH3 is 1. The zero-order valence-electron chi connectivity index (χ0n) is 18.6. The molecule has 1 aliphatic carbocycles. The van der Waals surface area contributed by atoms with Gasteiger partial charge in [-0.15, -0.1) is 0 Å². The van der Waals surface area contributed by atoms with E-state index in [0.29, 0.717) is 32.2 Å². The summed E-state index contributed by atoms with van der Waals surface area (Å²) >= 11 is 0. The first-order valence-corrected chi connectivity index (χ1v) is 11.3. The van der Waals surface area contributed by atoms with E-state index in [1.54, 1.807) is 19.2 Å². The Morgan fingerprint density at radius 2 is 1.67 bits per heavy atom. The SMILES string of the molecule is COc1ccc(C[C@@]2([C@H]3CCC(=O)C3)C(=O)N(Cc3ccc(F)cc3)c3ccccc32)cc1. The Bertz CT molecular complexity index is 1190. The lowest BCUT2D eigenvalue weighted by atomic mass is 9.66. The third-order valence-electron chi connectivity index (χ3n) is 7.14. The van der Waals surface area contributed by atoms with E-state index in [4.69, 9.17) is 4.74 Å². The molecule has 2 aliphatic rings. The highest BCUT2D eigenvalue weighted by Crippen LogP contribution is 2.52. The number of benzene rings is 3. The molecule has 0 aromatic heterocycles. The van der Waals surface area contributed by atoms with Crippen molar-refractivity contribution >= 4 is 17.4 Å². The van der Waals surface area contributed by atoms with Crippen molar-refractivity contribution in [1.29, 1.82) is 0 Å². The third kappa shape index (κ3) is 3.71. The van der Waals surface area contributed by atoms with Gasteiger partial charge in [0, 0.05) is 18.5 Å². The van der Waals surface area contributed by atoms with E-state index in [1.807, 2.05) is 53.4 Å². The minimum atomic E-state index is -0.808. The fraction of sp³-hybridized carbons (Fsp3) is 0.286. The first-order chi connectivity index (χ1) is 16.0. The minimum absolute atomic E-state index is 0.0172. The Morgan fingerprint density at radius 1 is 0.970 bits per heavy atom. The summed E-state index contributed by atoms with van der Waals surface area (Å²) in [4.78, 5) is 28.4. The maximum absolute atomic E-state index is 14.3. The molecular weight excluding hydrogens is 417 g/mol. The highest BCUT2D eigenvalue weighted by Gasteiger charge is 2.56. The Kier molecular flexibility index (Phi) is 5.49. The lowest BCUT2D eigenvalue weighted by molar-refractivity contribution is -0.125. The van der Waals surface area contributed by atoms with Crippen molar-refractivity contribution < 1.29 is 18.7 Å². The molecule has 168 valence electrons. The van der Waals surface area contributed by atoms with E-state index in [9.17, 15) is 14.0 Å². The van der Waals surface area contributed by atoms with Gasteiger partial charge in [-0.2, -0.15) is 0 Å². The second kappa shape index (κ2) is 8.47. The van der Waals surface area contributed by atoms with Gasteiger partial charge in [0.2, 0.25) is 5.91 Å². The van der Waals surface area contributed by atoms with Gasteiger partial charge in [0.15, 0.2) is 0 Å². The fourth-order valence-electron chi connectivity index (χ4n) is 5.49. The number of fused-ring (bicyclic) bond motifs is 1. The summed E-state index contributed by atoms with van der Waals surface area (Å²) < 4.78 is 18.8. The predicted octanol–water partition coefficient (Wildman–Crippen LogP) is 5.23. The second-order valence-electron chi connectivity index (χ2n) is 9.01. The molecule has 0 radical (unpaired) electrons. The number of ketones is 1. The van der Waals surface area contributed by atoms with Crippen LogP contribution in [0.1, 0.15) is 36.0 Å². The van der Waals surface area contributed by atoms with Gasteiger partial charge in [-0.25, -0.2) is 4.39 Å². The molecule has 0 spiro atoms. The summed E-state index contributed by atoms with van der Waals surface area (Å²) in [7, 11) is 1.63. The average Bonchev–Trinajstić information content (AvgIpc) is 3.37. The van der Waals surface area contributed by atoms with Crippen LogP contribution in [0.4, 0.5) is 10.1 Å². The number of carbonyl (C=O) groups is 2. The standard InChI is InChI=1S/C28H26FNO3/c1-33-24-14-8-19(9-15-24)17-28(21-10-13-23(31)16-21)25-4-2-3-5-26(25)30(27(28)32)18-20-6-11-22(29)12-7-20/h2-9,11-12,14-15,21H,10,13,16-18H2,1H3/t21-,28-/m0/s1. The number of halogens is 1. The van der Waals surface area contributed by atoms with E-state index >= 15 is 0 Å². The number of amides is 1. The molecule has 2 atom stereocenters. The molecule has 5 rings (SSSR count).